The maximum absolute atomic E-state index is 5.84. The highest BCUT2D eigenvalue weighted by atomic mass is 79.9. The van der Waals surface area contributed by atoms with Crippen molar-refractivity contribution in [1.82, 2.24) is 4.98 Å². The van der Waals surface area contributed by atoms with Gasteiger partial charge in [0.2, 0.25) is 0 Å². The number of nitrogens with two attached hydrogens (primary N) is 1. The highest BCUT2D eigenvalue weighted by Gasteiger charge is 2.03. The third-order valence-electron chi connectivity index (χ3n) is 2.31. The number of pyridine rings is 1. The minimum atomic E-state index is 0.502. The van der Waals surface area contributed by atoms with Gasteiger partial charge in [-0.1, -0.05) is 11.6 Å². The largest absolute Gasteiger partial charge is 0.492 e. The Hall–Kier alpha value is -1.30. The topological polar surface area (TPSA) is 60.2 Å². The van der Waals surface area contributed by atoms with Crippen molar-refractivity contribution < 1.29 is 4.74 Å². The molecule has 4 nitrogen and oxygen atoms in total. The molecule has 0 fully saturated rings. The second kappa shape index (κ2) is 6.75. The Bertz CT molecular complexity index is 548. The summed E-state index contributed by atoms with van der Waals surface area (Å²) in [5.41, 5.74) is 6.29. The van der Waals surface area contributed by atoms with E-state index in [0.717, 1.165) is 15.9 Å². The predicted octanol–water partition coefficient (Wildman–Crippen LogP) is 3.58. The molecule has 0 unspecified atom stereocenters. The van der Waals surface area contributed by atoms with Crippen LogP contribution in [0.4, 0.5) is 11.5 Å². The molecular formula is C13H13BrClN3O. The van der Waals surface area contributed by atoms with Crippen molar-refractivity contribution in [2.24, 2.45) is 5.73 Å². The summed E-state index contributed by atoms with van der Waals surface area (Å²) in [6.07, 6.45) is 1.59. The van der Waals surface area contributed by atoms with E-state index in [-0.39, 0.29) is 0 Å². The maximum atomic E-state index is 5.84. The van der Waals surface area contributed by atoms with E-state index in [0.29, 0.717) is 24.0 Å². The molecule has 0 aliphatic carbocycles. The SMILES string of the molecule is NCCOc1ccc(Nc2ncc(Cl)cc2Br)cc1. The van der Waals surface area contributed by atoms with Crippen LogP contribution in [0.15, 0.2) is 41.0 Å². The van der Waals surface area contributed by atoms with E-state index in [1.54, 1.807) is 12.3 Å². The zero-order chi connectivity index (χ0) is 13.7. The molecule has 2 aromatic rings. The van der Waals surface area contributed by atoms with Gasteiger partial charge in [0.1, 0.15) is 18.2 Å². The molecule has 100 valence electrons. The summed E-state index contributed by atoms with van der Waals surface area (Å²) >= 11 is 9.25. The lowest BCUT2D eigenvalue weighted by Crippen LogP contribution is -2.10. The van der Waals surface area contributed by atoms with Gasteiger partial charge in [0.15, 0.2) is 0 Å². The fourth-order valence-electron chi connectivity index (χ4n) is 1.45. The van der Waals surface area contributed by atoms with Gasteiger partial charge < -0.3 is 15.8 Å². The summed E-state index contributed by atoms with van der Waals surface area (Å²) in [6.45, 7) is 1.01. The van der Waals surface area contributed by atoms with Crippen LogP contribution >= 0.6 is 27.5 Å². The van der Waals surface area contributed by atoms with Gasteiger partial charge in [-0.05, 0) is 46.3 Å². The van der Waals surface area contributed by atoms with E-state index in [2.05, 4.69) is 26.2 Å². The normalized spacial score (nSPS) is 10.3. The fourth-order valence-corrected chi connectivity index (χ4v) is 2.19. The molecule has 0 aliphatic heterocycles. The third-order valence-corrected chi connectivity index (χ3v) is 3.12. The van der Waals surface area contributed by atoms with Crippen molar-refractivity contribution in [3.8, 4) is 5.75 Å². The van der Waals surface area contributed by atoms with Crippen LogP contribution in [0.5, 0.6) is 5.75 Å². The number of nitrogens with one attached hydrogen (secondary N) is 1. The molecule has 0 bridgehead atoms. The smallest absolute Gasteiger partial charge is 0.144 e. The fraction of sp³-hybridized carbons (Fsp3) is 0.154. The zero-order valence-corrected chi connectivity index (χ0v) is 12.4. The number of hydrogen-bond acceptors (Lipinski definition) is 4. The molecule has 1 aromatic carbocycles. The lowest BCUT2D eigenvalue weighted by Gasteiger charge is -2.09. The van der Waals surface area contributed by atoms with Gasteiger partial charge in [0.25, 0.3) is 0 Å². The van der Waals surface area contributed by atoms with Gasteiger partial charge in [-0.2, -0.15) is 0 Å². The van der Waals surface area contributed by atoms with Crippen molar-refractivity contribution in [2.45, 2.75) is 0 Å². The monoisotopic (exact) mass is 341 g/mol. The van der Waals surface area contributed by atoms with Gasteiger partial charge in [0.05, 0.1) is 9.50 Å². The highest BCUT2D eigenvalue weighted by molar-refractivity contribution is 9.10. The van der Waals surface area contributed by atoms with E-state index in [4.69, 9.17) is 22.1 Å². The molecule has 0 spiro atoms. The van der Waals surface area contributed by atoms with Crippen LogP contribution in [-0.4, -0.2) is 18.1 Å². The van der Waals surface area contributed by atoms with E-state index in [1.807, 2.05) is 24.3 Å². The Kier molecular flexibility index (Phi) is 5.01. The van der Waals surface area contributed by atoms with Crippen molar-refractivity contribution in [1.29, 1.82) is 0 Å². The molecule has 6 heteroatoms. The number of benzene rings is 1. The average Bonchev–Trinajstić information content (AvgIpc) is 2.41. The van der Waals surface area contributed by atoms with Crippen LogP contribution < -0.4 is 15.8 Å². The van der Waals surface area contributed by atoms with E-state index in [1.165, 1.54) is 0 Å². The summed E-state index contributed by atoms with van der Waals surface area (Å²) in [5.74, 6) is 1.50. The number of anilines is 2. The van der Waals surface area contributed by atoms with Crippen LogP contribution in [0, 0.1) is 0 Å². The Morgan fingerprint density at radius 1 is 1.32 bits per heavy atom. The minimum Gasteiger partial charge on any atom is -0.492 e. The number of nitrogens with zero attached hydrogens (tertiary/aromatic N) is 1. The third kappa shape index (κ3) is 4.09. The van der Waals surface area contributed by atoms with Gasteiger partial charge in [-0.25, -0.2) is 4.98 Å². The molecule has 1 aromatic heterocycles. The molecule has 0 atom stereocenters. The standard InChI is InChI=1S/C13H13BrClN3O/c14-12-7-9(15)8-17-13(12)18-10-1-3-11(4-2-10)19-6-5-16/h1-4,7-8H,5-6,16H2,(H,17,18). The summed E-state index contributed by atoms with van der Waals surface area (Å²) < 4.78 is 6.21. The summed E-state index contributed by atoms with van der Waals surface area (Å²) in [5, 5.41) is 3.77. The van der Waals surface area contributed by atoms with Gasteiger partial charge in [-0.3, -0.25) is 0 Å². The summed E-state index contributed by atoms with van der Waals surface area (Å²) in [4.78, 5) is 4.21. The first kappa shape index (κ1) is 14.1. The molecule has 3 N–H and O–H groups in total. The number of ether oxygens (including phenoxy) is 1. The minimum absolute atomic E-state index is 0.502. The van der Waals surface area contributed by atoms with Crippen LogP contribution in [0.25, 0.3) is 0 Å². The average molecular weight is 343 g/mol. The first-order valence-corrected chi connectivity index (χ1v) is 6.87. The number of halogens is 2. The summed E-state index contributed by atoms with van der Waals surface area (Å²) in [6, 6.07) is 9.36. The van der Waals surface area contributed by atoms with Crippen LogP contribution in [0.1, 0.15) is 0 Å². The number of rotatable bonds is 5. The molecule has 0 amide bonds. The molecule has 0 saturated heterocycles. The number of aromatic nitrogens is 1. The quantitative estimate of drug-likeness (QED) is 0.872. The van der Waals surface area contributed by atoms with Gasteiger partial charge in [0, 0.05) is 18.4 Å². The second-order valence-corrected chi connectivity index (χ2v) is 5.06. The summed E-state index contributed by atoms with van der Waals surface area (Å²) in [7, 11) is 0. The Balaban J connectivity index is 2.06. The highest BCUT2D eigenvalue weighted by Crippen LogP contribution is 2.26. The van der Waals surface area contributed by atoms with Crippen molar-refractivity contribution in [3.63, 3.8) is 0 Å². The van der Waals surface area contributed by atoms with Gasteiger partial charge in [-0.15, -0.1) is 0 Å². The van der Waals surface area contributed by atoms with Gasteiger partial charge >= 0.3 is 0 Å². The molecular weight excluding hydrogens is 330 g/mol. The number of hydrogen-bond donors (Lipinski definition) is 2. The van der Waals surface area contributed by atoms with Crippen LogP contribution in [-0.2, 0) is 0 Å². The van der Waals surface area contributed by atoms with Crippen molar-refractivity contribution in [2.75, 3.05) is 18.5 Å². The van der Waals surface area contributed by atoms with E-state index >= 15 is 0 Å². The Morgan fingerprint density at radius 3 is 2.68 bits per heavy atom. The van der Waals surface area contributed by atoms with E-state index in [9.17, 15) is 0 Å². The molecule has 1 heterocycles. The zero-order valence-electron chi connectivity index (χ0n) is 10.1. The molecule has 0 saturated carbocycles. The van der Waals surface area contributed by atoms with Crippen molar-refractivity contribution in [3.05, 3.63) is 46.0 Å². The molecule has 19 heavy (non-hydrogen) atoms. The van der Waals surface area contributed by atoms with E-state index < -0.39 is 0 Å². The molecule has 0 radical (unpaired) electrons. The first-order valence-electron chi connectivity index (χ1n) is 5.70. The first-order chi connectivity index (χ1) is 9.19. The molecule has 0 aliphatic rings. The second-order valence-electron chi connectivity index (χ2n) is 3.77. The lowest BCUT2D eigenvalue weighted by atomic mass is 10.3. The molecule has 2 rings (SSSR count). The van der Waals surface area contributed by atoms with Crippen LogP contribution in [0.2, 0.25) is 5.02 Å². The van der Waals surface area contributed by atoms with Crippen molar-refractivity contribution >= 4 is 39.0 Å². The Labute approximate surface area is 125 Å². The lowest BCUT2D eigenvalue weighted by molar-refractivity contribution is 0.328. The predicted molar refractivity (Wildman–Crippen MR) is 81.2 cm³/mol. The maximum Gasteiger partial charge on any atom is 0.144 e. The Morgan fingerprint density at radius 2 is 2.05 bits per heavy atom. The van der Waals surface area contributed by atoms with Crippen LogP contribution in [0.3, 0.4) is 0 Å².